The lowest BCUT2D eigenvalue weighted by Crippen LogP contribution is -2.13. The van der Waals surface area contributed by atoms with Gasteiger partial charge in [-0.05, 0) is 61.1 Å². The van der Waals surface area contributed by atoms with E-state index >= 15 is 0 Å². The second kappa shape index (κ2) is 9.14. The predicted molar refractivity (Wildman–Crippen MR) is 118 cm³/mol. The molecule has 2 aliphatic heterocycles. The van der Waals surface area contributed by atoms with E-state index in [1.54, 1.807) is 12.1 Å². The Labute approximate surface area is 183 Å². The Morgan fingerprint density at radius 3 is 2.13 bits per heavy atom. The molecule has 0 saturated carbocycles. The van der Waals surface area contributed by atoms with Gasteiger partial charge in [0.25, 0.3) is 0 Å². The first-order valence-electron chi connectivity index (χ1n) is 10.2. The average Bonchev–Trinajstić information content (AvgIpc) is 2.78. The van der Waals surface area contributed by atoms with Crippen LogP contribution in [0.1, 0.15) is 29.5 Å². The predicted octanol–water partition coefficient (Wildman–Crippen LogP) is 6.22. The maximum absolute atomic E-state index is 12.7. The molecule has 0 bridgehead atoms. The van der Waals surface area contributed by atoms with Gasteiger partial charge in [0.05, 0.1) is 11.3 Å². The number of pyridine rings is 2. The number of nitrogens with zero attached hydrogens (tertiary/aromatic N) is 2. The van der Waals surface area contributed by atoms with Crippen molar-refractivity contribution in [1.82, 2.24) is 9.97 Å². The Morgan fingerprint density at radius 2 is 1.45 bits per heavy atom. The zero-order valence-corrected chi connectivity index (χ0v) is 17.5. The summed E-state index contributed by atoms with van der Waals surface area (Å²) in [6.45, 7) is 1.87. The number of hydrogen-bond acceptors (Lipinski definition) is 4. The van der Waals surface area contributed by atoms with Crippen LogP contribution in [0.5, 0.6) is 0 Å². The van der Waals surface area contributed by atoms with Crippen LogP contribution in [0, 0.1) is 0 Å². The maximum Gasteiger partial charge on any atom is 0.416 e. The third kappa shape index (κ3) is 5.28. The van der Waals surface area contributed by atoms with Crippen molar-refractivity contribution in [2.45, 2.75) is 31.9 Å². The van der Waals surface area contributed by atoms with Gasteiger partial charge < -0.3 is 10.6 Å². The van der Waals surface area contributed by atoms with Crippen LogP contribution in [0.25, 0.3) is 11.3 Å². The van der Waals surface area contributed by atoms with E-state index in [-0.39, 0.29) is 0 Å². The lowest BCUT2D eigenvalue weighted by Gasteiger charge is -2.17. The zero-order valence-electron chi connectivity index (χ0n) is 16.8. The van der Waals surface area contributed by atoms with E-state index in [0.717, 1.165) is 61.7 Å². The van der Waals surface area contributed by atoms with Gasteiger partial charge in [0.1, 0.15) is 16.8 Å². The van der Waals surface area contributed by atoms with Gasteiger partial charge in [-0.25, -0.2) is 9.97 Å². The number of aryl methyl sites for hydroxylation is 2. The Bertz CT molecular complexity index is 1070. The minimum Gasteiger partial charge on any atom is -0.370 e. The molecule has 2 N–H and O–H groups in total. The molecule has 4 nitrogen and oxygen atoms in total. The first-order chi connectivity index (χ1) is 14.9. The summed E-state index contributed by atoms with van der Waals surface area (Å²) in [6.07, 6.45) is -0.0128. The molecule has 8 heteroatoms. The van der Waals surface area contributed by atoms with Crippen molar-refractivity contribution in [2.24, 2.45) is 0 Å². The van der Waals surface area contributed by atoms with Crippen molar-refractivity contribution < 1.29 is 13.2 Å². The summed E-state index contributed by atoms with van der Waals surface area (Å²) in [4.78, 5) is 8.60. The number of aromatic nitrogens is 2. The van der Waals surface area contributed by atoms with Crippen LogP contribution in [-0.2, 0) is 19.0 Å². The molecule has 0 spiro atoms. The second-order valence-corrected chi connectivity index (χ2v) is 7.87. The topological polar surface area (TPSA) is 49.8 Å². The van der Waals surface area contributed by atoms with Gasteiger partial charge in [0.15, 0.2) is 0 Å². The Hall–Kier alpha value is -2.80. The SMILES string of the molecule is Clc1ccc2c(n1)NCCC2.FC(F)(F)c1cccc(-c2ccc3c(n2)NCCC3)c1. The highest BCUT2D eigenvalue weighted by atomic mass is 35.5. The highest BCUT2D eigenvalue weighted by molar-refractivity contribution is 6.29. The number of rotatable bonds is 1. The van der Waals surface area contributed by atoms with Crippen molar-refractivity contribution in [3.05, 3.63) is 70.4 Å². The zero-order chi connectivity index (χ0) is 21.8. The average molecular weight is 447 g/mol. The minimum absolute atomic E-state index is 0.481. The lowest BCUT2D eigenvalue weighted by molar-refractivity contribution is -0.137. The third-order valence-corrected chi connectivity index (χ3v) is 5.45. The van der Waals surface area contributed by atoms with Crippen molar-refractivity contribution in [2.75, 3.05) is 23.7 Å². The van der Waals surface area contributed by atoms with Gasteiger partial charge in [-0.3, -0.25) is 0 Å². The Kier molecular flexibility index (Phi) is 6.32. The van der Waals surface area contributed by atoms with Gasteiger partial charge in [0, 0.05) is 18.7 Å². The molecule has 1 aromatic carbocycles. The molecule has 0 unspecified atom stereocenters. The molecule has 0 saturated heterocycles. The first kappa shape index (κ1) is 21.4. The summed E-state index contributed by atoms with van der Waals surface area (Å²) in [5.74, 6) is 1.75. The fourth-order valence-electron chi connectivity index (χ4n) is 3.65. The normalized spacial score (nSPS) is 14.8. The van der Waals surface area contributed by atoms with Gasteiger partial charge >= 0.3 is 6.18 Å². The molecule has 0 fully saturated rings. The molecular weight excluding hydrogens is 425 g/mol. The number of benzene rings is 1. The molecule has 0 radical (unpaired) electrons. The summed E-state index contributed by atoms with van der Waals surface area (Å²) < 4.78 is 38.2. The molecule has 5 rings (SSSR count). The van der Waals surface area contributed by atoms with Crippen molar-refractivity contribution in [3.8, 4) is 11.3 Å². The van der Waals surface area contributed by atoms with Crippen LogP contribution < -0.4 is 10.6 Å². The molecule has 2 aliphatic rings. The van der Waals surface area contributed by atoms with Crippen LogP contribution >= 0.6 is 11.6 Å². The van der Waals surface area contributed by atoms with E-state index in [9.17, 15) is 13.2 Å². The first-order valence-corrected chi connectivity index (χ1v) is 10.6. The van der Waals surface area contributed by atoms with Crippen LogP contribution in [-0.4, -0.2) is 23.1 Å². The van der Waals surface area contributed by atoms with E-state index in [2.05, 4.69) is 20.6 Å². The van der Waals surface area contributed by atoms with Crippen molar-refractivity contribution in [3.63, 3.8) is 0 Å². The number of halogens is 4. The molecule has 162 valence electrons. The van der Waals surface area contributed by atoms with Crippen molar-refractivity contribution in [1.29, 1.82) is 0 Å². The van der Waals surface area contributed by atoms with E-state index < -0.39 is 11.7 Å². The molecular formula is C23H22ClF3N4. The standard InChI is InChI=1S/C15H13F3N2.C8H9ClN2/c16-15(17,18)12-5-1-3-11(9-12)13-7-6-10-4-2-8-19-14(10)20-13;9-7-4-3-6-2-1-5-10-8(6)11-7/h1,3,5-7,9H,2,4,8H2,(H,19,20);3-4H,1-2,5H2,(H,10,11). The molecule has 4 heterocycles. The van der Waals surface area contributed by atoms with Gasteiger partial charge in [-0.1, -0.05) is 35.9 Å². The molecule has 0 atom stereocenters. The minimum atomic E-state index is -4.33. The van der Waals surface area contributed by atoms with Crippen LogP contribution in [0.15, 0.2) is 48.5 Å². The van der Waals surface area contributed by atoms with Gasteiger partial charge in [-0.2, -0.15) is 13.2 Å². The van der Waals surface area contributed by atoms with E-state index in [4.69, 9.17) is 11.6 Å². The van der Waals surface area contributed by atoms with E-state index in [0.29, 0.717) is 16.4 Å². The molecule has 31 heavy (non-hydrogen) atoms. The maximum atomic E-state index is 12.7. The monoisotopic (exact) mass is 446 g/mol. The number of nitrogens with one attached hydrogen (secondary N) is 2. The summed E-state index contributed by atoms with van der Waals surface area (Å²) in [7, 11) is 0. The fourth-order valence-corrected chi connectivity index (χ4v) is 3.80. The molecule has 0 amide bonds. The smallest absolute Gasteiger partial charge is 0.370 e. The van der Waals surface area contributed by atoms with E-state index in [1.807, 2.05) is 18.2 Å². The van der Waals surface area contributed by atoms with E-state index in [1.165, 1.54) is 18.1 Å². The molecule has 0 aliphatic carbocycles. The lowest BCUT2D eigenvalue weighted by atomic mass is 10.0. The summed E-state index contributed by atoms with van der Waals surface area (Å²) >= 11 is 5.73. The molecule has 2 aromatic heterocycles. The van der Waals surface area contributed by atoms with Crippen molar-refractivity contribution >= 4 is 23.2 Å². The number of anilines is 2. The highest BCUT2D eigenvalue weighted by Gasteiger charge is 2.30. The fraction of sp³-hybridized carbons (Fsp3) is 0.304. The largest absolute Gasteiger partial charge is 0.416 e. The summed E-state index contributed by atoms with van der Waals surface area (Å²) in [5, 5.41) is 6.96. The van der Waals surface area contributed by atoms with Crippen LogP contribution in [0.4, 0.5) is 24.8 Å². The van der Waals surface area contributed by atoms with Crippen LogP contribution in [0.3, 0.4) is 0 Å². The number of alkyl halides is 3. The second-order valence-electron chi connectivity index (χ2n) is 7.49. The Balaban J connectivity index is 0.000000177. The van der Waals surface area contributed by atoms with Gasteiger partial charge in [-0.15, -0.1) is 0 Å². The number of hydrogen-bond donors (Lipinski definition) is 2. The third-order valence-electron chi connectivity index (χ3n) is 5.24. The number of fused-ring (bicyclic) bond motifs is 2. The highest BCUT2D eigenvalue weighted by Crippen LogP contribution is 2.32. The van der Waals surface area contributed by atoms with Gasteiger partial charge in [0.2, 0.25) is 0 Å². The van der Waals surface area contributed by atoms with Crippen LogP contribution in [0.2, 0.25) is 5.15 Å². The molecule has 3 aromatic rings. The summed E-state index contributed by atoms with van der Waals surface area (Å²) in [5.41, 5.74) is 2.79. The quantitative estimate of drug-likeness (QED) is 0.436. The Morgan fingerprint density at radius 1 is 0.806 bits per heavy atom. The summed E-state index contributed by atoms with van der Waals surface area (Å²) in [6, 6.07) is 12.9.